The number of carbonyl (C=O) groups excluding carboxylic acids is 1. The van der Waals surface area contributed by atoms with Gasteiger partial charge < -0.3 is 14.4 Å². The largest absolute Gasteiger partial charge is 0.497 e. The Morgan fingerprint density at radius 1 is 1.24 bits per heavy atom. The number of rotatable bonds is 3. The number of ether oxygens (including phenoxy) is 2. The van der Waals surface area contributed by atoms with Crippen molar-refractivity contribution < 1.29 is 14.3 Å². The molecule has 0 aromatic heterocycles. The van der Waals surface area contributed by atoms with Crippen LogP contribution in [-0.4, -0.2) is 39.0 Å². The van der Waals surface area contributed by atoms with Gasteiger partial charge >= 0.3 is 0 Å². The molecule has 0 N–H and O–H groups in total. The molecule has 0 amide bonds. The molecule has 0 bridgehead atoms. The van der Waals surface area contributed by atoms with Gasteiger partial charge in [0.2, 0.25) is 5.78 Å². The number of carbonyl (C=O) groups is 1. The van der Waals surface area contributed by atoms with E-state index < -0.39 is 0 Å². The lowest BCUT2D eigenvalue weighted by Crippen LogP contribution is -2.05. The van der Waals surface area contributed by atoms with Crippen molar-refractivity contribution in [2.75, 3.05) is 28.3 Å². The smallest absolute Gasteiger partial charge is 0.241 e. The first kappa shape index (κ1) is 12.9. The average molecular weight is 233 g/mol. The Balaban J connectivity index is 3.11. The summed E-state index contributed by atoms with van der Waals surface area (Å²) in [5.74, 6) is 3.32. The number of ketones is 1. The standard InChI is InChI=1S/C13H15NO3/c1-14(2)8-7-12(15)11-9-10(16-3)5-6-13(11)17-4/h5-6,9H,1-4H3. The van der Waals surface area contributed by atoms with Crippen molar-refractivity contribution in [3.63, 3.8) is 0 Å². The third-order valence-corrected chi connectivity index (χ3v) is 2.04. The minimum absolute atomic E-state index is 0.297. The molecule has 0 aliphatic rings. The Labute approximate surface area is 101 Å². The van der Waals surface area contributed by atoms with Gasteiger partial charge in [0.15, 0.2) is 0 Å². The maximum atomic E-state index is 11.9. The molecule has 1 aromatic rings. The monoisotopic (exact) mass is 233 g/mol. The topological polar surface area (TPSA) is 38.8 Å². The van der Waals surface area contributed by atoms with Crippen LogP contribution in [0, 0.1) is 12.0 Å². The van der Waals surface area contributed by atoms with Crippen molar-refractivity contribution in [2.45, 2.75) is 0 Å². The van der Waals surface area contributed by atoms with Crippen LogP contribution in [0.4, 0.5) is 0 Å². The predicted octanol–water partition coefficient (Wildman–Crippen LogP) is 1.41. The Bertz CT molecular complexity index is 469. The zero-order valence-electron chi connectivity index (χ0n) is 10.4. The summed E-state index contributed by atoms with van der Waals surface area (Å²) in [7, 11) is 6.59. The summed E-state index contributed by atoms with van der Waals surface area (Å²) in [5, 5.41) is 0. The number of hydrogen-bond donors (Lipinski definition) is 0. The van der Waals surface area contributed by atoms with E-state index in [9.17, 15) is 4.79 Å². The molecule has 0 fully saturated rings. The second-order valence-corrected chi connectivity index (χ2v) is 3.53. The second-order valence-electron chi connectivity index (χ2n) is 3.53. The molecule has 0 radical (unpaired) electrons. The van der Waals surface area contributed by atoms with Crippen LogP contribution in [-0.2, 0) is 0 Å². The molecule has 0 aliphatic carbocycles. The van der Waals surface area contributed by atoms with Crippen molar-refractivity contribution >= 4 is 5.78 Å². The predicted molar refractivity (Wildman–Crippen MR) is 65.3 cm³/mol. The number of Topliss-reactive ketones (excluding diaryl/α,β-unsaturated/α-hetero) is 1. The first-order chi connectivity index (χ1) is 8.08. The SMILES string of the molecule is COc1ccc(OC)c(C(=O)C#CN(C)C)c1. The molecule has 0 saturated carbocycles. The van der Waals surface area contributed by atoms with Crippen molar-refractivity contribution in [3.8, 4) is 23.5 Å². The molecule has 1 aromatic carbocycles. The number of benzene rings is 1. The molecule has 0 heterocycles. The van der Waals surface area contributed by atoms with Crippen LogP contribution in [0.3, 0.4) is 0 Å². The molecule has 0 saturated heterocycles. The molecule has 1 rings (SSSR count). The third-order valence-electron chi connectivity index (χ3n) is 2.04. The van der Waals surface area contributed by atoms with Crippen molar-refractivity contribution in [2.24, 2.45) is 0 Å². The van der Waals surface area contributed by atoms with Crippen LogP contribution in [0.2, 0.25) is 0 Å². The van der Waals surface area contributed by atoms with E-state index in [2.05, 4.69) is 12.0 Å². The van der Waals surface area contributed by atoms with E-state index in [1.54, 1.807) is 44.3 Å². The molecule has 4 heteroatoms. The quantitative estimate of drug-likeness (QED) is 0.449. The lowest BCUT2D eigenvalue weighted by Gasteiger charge is -2.07. The summed E-state index contributed by atoms with van der Waals surface area (Å²) in [4.78, 5) is 13.5. The number of nitrogens with zero attached hydrogens (tertiary/aromatic N) is 1. The Hall–Kier alpha value is -2.15. The van der Waals surface area contributed by atoms with E-state index in [0.717, 1.165) is 0 Å². The Kier molecular flexibility index (Phi) is 4.41. The zero-order chi connectivity index (χ0) is 12.8. The van der Waals surface area contributed by atoms with Gasteiger partial charge in [0.1, 0.15) is 11.5 Å². The fourth-order valence-corrected chi connectivity index (χ4v) is 1.22. The maximum Gasteiger partial charge on any atom is 0.241 e. The lowest BCUT2D eigenvalue weighted by atomic mass is 10.1. The summed E-state index contributed by atoms with van der Waals surface area (Å²) in [5.41, 5.74) is 0.404. The summed E-state index contributed by atoms with van der Waals surface area (Å²) in [6, 6.07) is 7.70. The number of methoxy groups -OCH3 is 2. The van der Waals surface area contributed by atoms with E-state index in [-0.39, 0.29) is 5.78 Å². The van der Waals surface area contributed by atoms with E-state index in [4.69, 9.17) is 9.47 Å². The van der Waals surface area contributed by atoms with E-state index in [1.165, 1.54) is 7.11 Å². The maximum absolute atomic E-state index is 11.9. The lowest BCUT2D eigenvalue weighted by molar-refractivity contribution is 0.105. The molecular formula is C13H15NO3. The van der Waals surface area contributed by atoms with Gasteiger partial charge in [-0.05, 0) is 18.2 Å². The van der Waals surface area contributed by atoms with Gasteiger partial charge in [-0.1, -0.05) is 0 Å². The Morgan fingerprint density at radius 2 is 1.94 bits per heavy atom. The van der Waals surface area contributed by atoms with Crippen LogP contribution in [0.5, 0.6) is 11.5 Å². The van der Waals surface area contributed by atoms with E-state index in [0.29, 0.717) is 17.1 Å². The summed E-state index contributed by atoms with van der Waals surface area (Å²) in [6.45, 7) is 0. The van der Waals surface area contributed by atoms with Gasteiger partial charge in [0.25, 0.3) is 0 Å². The molecule has 0 atom stereocenters. The van der Waals surface area contributed by atoms with Crippen molar-refractivity contribution in [1.29, 1.82) is 0 Å². The highest BCUT2D eigenvalue weighted by molar-refractivity contribution is 6.10. The van der Waals surface area contributed by atoms with Gasteiger partial charge in [0, 0.05) is 26.1 Å². The van der Waals surface area contributed by atoms with Crippen molar-refractivity contribution in [3.05, 3.63) is 23.8 Å². The van der Waals surface area contributed by atoms with Crippen LogP contribution in [0.25, 0.3) is 0 Å². The molecular weight excluding hydrogens is 218 g/mol. The Morgan fingerprint density at radius 3 is 2.47 bits per heavy atom. The molecule has 17 heavy (non-hydrogen) atoms. The van der Waals surface area contributed by atoms with Crippen LogP contribution < -0.4 is 9.47 Å². The van der Waals surface area contributed by atoms with Crippen molar-refractivity contribution in [1.82, 2.24) is 4.90 Å². The summed E-state index contributed by atoms with van der Waals surface area (Å²) in [6.07, 6.45) is 0. The van der Waals surface area contributed by atoms with Crippen LogP contribution >= 0.6 is 0 Å². The van der Waals surface area contributed by atoms with Gasteiger partial charge in [-0.15, -0.1) is 0 Å². The first-order valence-corrected chi connectivity index (χ1v) is 5.03. The highest BCUT2D eigenvalue weighted by Crippen LogP contribution is 2.24. The highest BCUT2D eigenvalue weighted by atomic mass is 16.5. The highest BCUT2D eigenvalue weighted by Gasteiger charge is 2.11. The normalized spacial score (nSPS) is 8.94. The van der Waals surface area contributed by atoms with Gasteiger partial charge in [-0.25, -0.2) is 0 Å². The average Bonchev–Trinajstić information content (AvgIpc) is 2.34. The van der Waals surface area contributed by atoms with E-state index in [1.807, 2.05) is 0 Å². The third kappa shape index (κ3) is 3.42. The van der Waals surface area contributed by atoms with Gasteiger partial charge in [-0.3, -0.25) is 4.79 Å². The number of hydrogen-bond acceptors (Lipinski definition) is 4. The molecule has 0 unspecified atom stereocenters. The molecule has 4 nitrogen and oxygen atoms in total. The summed E-state index contributed by atoms with van der Waals surface area (Å²) < 4.78 is 10.2. The minimum atomic E-state index is -0.297. The van der Waals surface area contributed by atoms with Crippen LogP contribution in [0.1, 0.15) is 10.4 Å². The van der Waals surface area contributed by atoms with Crippen LogP contribution in [0.15, 0.2) is 18.2 Å². The van der Waals surface area contributed by atoms with E-state index >= 15 is 0 Å². The summed E-state index contributed by atoms with van der Waals surface area (Å²) >= 11 is 0. The minimum Gasteiger partial charge on any atom is -0.497 e. The molecule has 0 aliphatic heterocycles. The second kappa shape index (κ2) is 5.80. The fourth-order valence-electron chi connectivity index (χ4n) is 1.22. The van der Waals surface area contributed by atoms with Gasteiger partial charge in [-0.2, -0.15) is 0 Å². The van der Waals surface area contributed by atoms with Gasteiger partial charge in [0.05, 0.1) is 19.8 Å². The molecule has 0 spiro atoms. The zero-order valence-corrected chi connectivity index (χ0v) is 10.4. The molecule has 90 valence electrons. The first-order valence-electron chi connectivity index (χ1n) is 5.03. The fraction of sp³-hybridized carbons (Fsp3) is 0.308.